The third kappa shape index (κ3) is 14.0. The summed E-state index contributed by atoms with van der Waals surface area (Å²) in [6.07, 6.45) is 15.6. The number of rotatable bonds is 14. The highest BCUT2D eigenvalue weighted by Crippen LogP contribution is 2.13. The molecule has 0 spiro atoms. The summed E-state index contributed by atoms with van der Waals surface area (Å²) in [5.74, 6) is -0.355. The normalized spacial score (nSPS) is 12.1. The summed E-state index contributed by atoms with van der Waals surface area (Å²) >= 11 is 4.42. The molecule has 0 rings (SSSR count). The summed E-state index contributed by atoms with van der Waals surface area (Å²) in [7, 11) is 0. The Labute approximate surface area is 130 Å². The Balaban J connectivity index is 3.19. The molecule has 0 aromatic rings. The fraction of sp³-hybridized carbons (Fsp3) is 0.824. The van der Waals surface area contributed by atoms with Crippen LogP contribution in [0.5, 0.6) is 0 Å². The lowest BCUT2D eigenvalue weighted by atomic mass is 10.1. The van der Waals surface area contributed by atoms with Gasteiger partial charge < -0.3 is 4.74 Å². The van der Waals surface area contributed by atoms with Crippen molar-refractivity contribution in [2.45, 2.75) is 82.8 Å². The van der Waals surface area contributed by atoms with Gasteiger partial charge in [0.25, 0.3) is 0 Å². The SMILES string of the molecule is C=CC(=O)OCC(S)CCCCCCCCCCCC. The Morgan fingerprint density at radius 2 is 1.55 bits per heavy atom. The average Bonchev–Trinajstić information content (AvgIpc) is 2.46. The Bertz CT molecular complexity index is 241. The second-order valence-electron chi connectivity index (χ2n) is 5.46. The van der Waals surface area contributed by atoms with Crippen molar-refractivity contribution in [2.24, 2.45) is 0 Å². The molecule has 0 saturated heterocycles. The van der Waals surface area contributed by atoms with Crippen molar-refractivity contribution in [1.29, 1.82) is 0 Å². The van der Waals surface area contributed by atoms with E-state index in [1.165, 1.54) is 70.3 Å². The zero-order valence-corrected chi connectivity index (χ0v) is 14.0. The van der Waals surface area contributed by atoms with Crippen LogP contribution in [0.25, 0.3) is 0 Å². The first kappa shape index (κ1) is 19.6. The monoisotopic (exact) mass is 300 g/mol. The summed E-state index contributed by atoms with van der Waals surface area (Å²) in [4.78, 5) is 10.9. The smallest absolute Gasteiger partial charge is 0.330 e. The predicted octanol–water partition coefficient (Wildman–Crippen LogP) is 5.33. The molecule has 20 heavy (non-hydrogen) atoms. The topological polar surface area (TPSA) is 26.3 Å². The van der Waals surface area contributed by atoms with Crippen molar-refractivity contribution in [2.75, 3.05) is 6.61 Å². The summed E-state index contributed by atoms with van der Waals surface area (Å²) in [6.45, 7) is 6.02. The van der Waals surface area contributed by atoms with E-state index in [2.05, 4.69) is 26.1 Å². The number of hydrogen-bond donors (Lipinski definition) is 1. The van der Waals surface area contributed by atoms with Crippen LogP contribution < -0.4 is 0 Å². The minimum atomic E-state index is -0.355. The van der Waals surface area contributed by atoms with Crippen LogP contribution in [0.4, 0.5) is 0 Å². The molecule has 1 atom stereocenters. The van der Waals surface area contributed by atoms with Crippen LogP contribution in [0.3, 0.4) is 0 Å². The van der Waals surface area contributed by atoms with Gasteiger partial charge >= 0.3 is 5.97 Å². The zero-order valence-electron chi connectivity index (χ0n) is 13.1. The van der Waals surface area contributed by atoms with E-state index in [9.17, 15) is 4.79 Å². The molecule has 0 amide bonds. The number of carbonyl (C=O) groups excluding carboxylic acids is 1. The summed E-state index contributed by atoms with van der Waals surface area (Å²) < 4.78 is 4.96. The molecular weight excluding hydrogens is 268 g/mol. The van der Waals surface area contributed by atoms with Crippen LogP contribution in [0, 0.1) is 0 Å². The molecule has 0 aliphatic rings. The maximum atomic E-state index is 10.9. The third-order valence-electron chi connectivity index (χ3n) is 3.48. The van der Waals surface area contributed by atoms with Gasteiger partial charge in [-0.3, -0.25) is 0 Å². The lowest BCUT2D eigenvalue weighted by molar-refractivity contribution is -0.137. The van der Waals surface area contributed by atoms with E-state index < -0.39 is 0 Å². The maximum Gasteiger partial charge on any atom is 0.330 e. The Morgan fingerprint density at radius 3 is 2.05 bits per heavy atom. The van der Waals surface area contributed by atoms with Gasteiger partial charge in [-0.1, -0.05) is 77.7 Å². The van der Waals surface area contributed by atoms with Crippen LogP contribution in [-0.2, 0) is 9.53 Å². The van der Waals surface area contributed by atoms with E-state index in [1.54, 1.807) is 0 Å². The number of unbranched alkanes of at least 4 members (excludes halogenated alkanes) is 9. The molecule has 0 aromatic heterocycles. The van der Waals surface area contributed by atoms with E-state index in [0.29, 0.717) is 6.61 Å². The van der Waals surface area contributed by atoms with E-state index in [-0.39, 0.29) is 11.2 Å². The van der Waals surface area contributed by atoms with Gasteiger partial charge in [-0.05, 0) is 6.42 Å². The van der Waals surface area contributed by atoms with Gasteiger partial charge in [0.15, 0.2) is 0 Å². The predicted molar refractivity (Wildman–Crippen MR) is 90.4 cm³/mol. The highest BCUT2D eigenvalue weighted by Gasteiger charge is 2.05. The molecule has 3 heteroatoms. The van der Waals surface area contributed by atoms with Crippen LogP contribution in [0.2, 0.25) is 0 Å². The molecule has 118 valence electrons. The van der Waals surface area contributed by atoms with Crippen molar-refractivity contribution < 1.29 is 9.53 Å². The first-order valence-electron chi connectivity index (χ1n) is 8.18. The van der Waals surface area contributed by atoms with E-state index in [4.69, 9.17) is 4.74 Å². The molecule has 0 N–H and O–H groups in total. The lowest BCUT2D eigenvalue weighted by Crippen LogP contribution is -2.12. The van der Waals surface area contributed by atoms with Crippen molar-refractivity contribution in [1.82, 2.24) is 0 Å². The Hall–Kier alpha value is -0.440. The quantitative estimate of drug-likeness (QED) is 0.203. The zero-order chi connectivity index (χ0) is 15.1. The highest BCUT2D eigenvalue weighted by molar-refractivity contribution is 7.81. The lowest BCUT2D eigenvalue weighted by Gasteiger charge is -2.10. The molecule has 0 fully saturated rings. The van der Waals surface area contributed by atoms with Crippen LogP contribution >= 0.6 is 12.6 Å². The number of ether oxygens (including phenoxy) is 1. The summed E-state index contributed by atoms with van der Waals surface area (Å²) in [5, 5.41) is 0.160. The molecule has 0 aliphatic heterocycles. The van der Waals surface area contributed by atoms with Gasteiger partial charge in [-0.25, -0.2) is 4.79 Å². The first-order chi connectivity index (χ1) is 9.70. The van der Waals surface area contributed by atoms with Gasteiger partial charge in [-0.2, -0.15) is 12.6 Å². The Kier molecular flexibility index (Phi) is 14.6. The molecular formula is C17H32O2S. The molecule has 0 bridgehead atoms. The van der Waals surface area contributed by atoms with Crippen LogP contribution in [-0.4, -0.2) is 17.8 Å². The van der Waals surface area contributed by atoms with E-state index in [1.807, 2.05) is 0 Å². The largest absolute Gasteiger partial charge is 0.461 e. The highest BCUT2D eigenvalue weighted by atomic mass is 32.1. The number of esters is 1. The molecule has 2 nitrogen and oxygen atoms in total. The van der Waals surface area contributed by atoms with Crippen LogP contribution in [0.1, 0.15) is 77.6 Å². The molecule has 1 unspecified atom stereocenters. The minimum absolute atomic E-state index is 0.160. The van der Waals surface area contributed by atoms with Crippen molar-refractivity contribution in [3.8, 4) is 0 Å². The second-order valence-corrected chi connectivity index (χ2v) is 6.19. The van der Waals surface area contributed by atoms with Crippen molar-refractivity contribution >= 4 is 18.6 Å². The van der Waals surface area contributed by atoms with Gasteiger partial charge in [0.1, 0.15) is 6.61 Å². The summed E-state index contributed by atoms with van der Waals surface area (Å²) in [6, 6.07) is 0. The van der Waals surface area contributed by atoms with Gasteiger partial charge in [-0.15, -0.1) is 0 Å². The standard InChI is InChI=1S/C17H32O2S/c1-3-5-6-7-8-9-10-11-12-13-14-16(20)15-19-17(18)4-2/h4,16,20H,2-3,5-15H2,1H3. The van der Waals surface area contributed by atoms with Gasteiger partial charge in [0.05, 0.1) is 0 Å². The third-order valence-corrected chi connectivity index (χ3v) is 3.88. The average molecular weight is 301 g/mol. The van der Waals surface area contributed by atoms with Crippen LogP contribution in [0.15, 0.2) is 12.7 Å². The first-order valence-corrected chi connectivity index (χ1v) is 8.69. The molecule has 0 aliphatic carbocycles. The van der Waals surface area contributed by atoms with Gasteiger partial charge in [0.2, 0.25) is 0 Å². The number of thiol groups is 1. The summed E-state index contributed by atoms with van der Waals surface area (Å²) in [5.41, 5.74) is 0. The van der Waals surface area contributed by atoms with Gasteiger partial charge in [0, 0.05) is 11.3 Å². The molecule has 0 radical (unpaired) electrons. The molecule has 0 heterocycles. The van der Waals surface area contributed by atoms with E-state index >= 15 is 0 Å². The maximum absolute atomic E-state index is 10.9. The number of carbonyl (C=O) groups is 1. The van der Waals surface area contributed by atoms with E-state index in [0.717, 1.165) is 6.42 Å². The molecule has 0 saturated carbocycles. The number of hydrogen-bond acceptors (Lipinski definition) is 3. The second kappa shape index (κ2) is 15.0. The van der Waals surface area contributed by atoms with Crippen molar-refractivity contribution in [3.05, 3.63) is 12.7 Å². The minimum Gasteiger partial charge on any atom is -0.461 e. The fourth-order valence-electron chi connectivity index (χ4n) is 2.19. The Morgan fingerprint density at radius 1 is 1.05 bits per heavy atom. The fourth-order valence-corrected chi connectivity index (χ4v) is 2.45. The molecule has 0 aromatic carbocycles. The van der Waals surface area contributed by atoms with Crippen molar-refractivity contribution in [3.63, 3.8) is 0 Å².